The number of ether oxygens (including phenoxy) is 1. The van der Waals surface area contributed by atoms with Gasteiger partial charge >= 0.3 is 0 Å². The van der Waals surface area contributed by atoms with E-state index in [1.807, 2.05) is 12.1 Å². The van der Waals surface area contributed by atoms with Gasteiger partial charge < -0.3 is 4.74 Å². The smallest absolute Gasteiger partial charge is 0.221 e. The van der Waals surface area contributed by atoms with E-state index in [0.717, 1.165) is 18.6 Å². The molecular formula is C14H19ClO2. The summed E-state index contributed by atoms with van der Waals surface area (Å²) in [5.74, 6) is 1.36. The Balaban J connectivity index is 2.74. The second kappa shape index (κ2) is 6.65. The van der Waals surface area contributed by atoms with Crippen LogP contribution >= 0.6 is 11.6 Å². The normalized spacial score (nSPS) is 10.6. The number of carbonyl (C=O) groups excluding carboxylic acids is 1. The van der Waals surface area contributed by atoms with E-state index in [9.17, 15) is 4.79 Å². The minimum atomic E-state index is -0.261. The topological polar surface area (TPSA) is 26.3 Å². The van der Waals surface area contributed by atoms with Crippen LogP contribution in [0.4, 0.5) is 0 Å². The third kappa shape index (κ3) is 4.39. The molecule has 0 spiro atoms. The number of hydrogen-bond acceptors (Lipinski definition) is 2. The molecule has 17 heavy (non-hydrogen) atoms. The molecule has 0 saturated carbocycles. The Bertz CT molecular complexity index is 386. The minimum absolute atomic E-state index is 0.261. The van der Waals surface area contributed by atoms with Crippen LogP contribution in [0.2, 0.25) is 0 Å². The number of aryl methyl sites for hydroxylation is 1. The maximum atomic E-state index is 10.7. The van der Waals surface area contributed by atoms with Gasteiger partial charge in [0, 0.05) is 6.42 Å². The fourth-order valence-electron chi connectivity index (χ4n) is 1.82. The van der Waals surface area contributed by atoms with Crippen molar-refractivity contribution in [3.05, 3.63) is 29.3 Å². The van der Waals surface area contributed by atoms with Crippen LogP contribution in [0.3, 0.4) is 0 Å². The van der Waals surface area contributed by atoms with Crippen LogP contribution in [-0.2, 0) is 11.2 Å². The van der Waals surface area contributed by atoms with Gasteiger partial charge in [-0.1, -0.05) is 26.0 Å². The summed E-state index contributed by atoms with van der Waals surface area (Å²) in [6, 6.07) is 6.19. The number of carbonyl (C=O) groups is 1. The molecule has 1 aromatic rings. The maximum Gasteiger partial charge on any atom is 0.221 e. The molecule has 0 amide bonds. The molecule has 0 unspecified atom stereocenters. The van der Waals surface area contributed by atoms with Crippen molar-refractivity contribution < 1.29 is 9.53 Å². The van der Waals surface area contributed by atoms with Crippen molar-refractivity contribution in [2.45, 2.75) is 39.0 Å². The van der Waals surface area contributed by atoms with Crippen LogP contribution < -0.4 is 4.74 Å². The molecule has 0 aliphatic carbocycles. The quantitative estimate of drug-likeness (QED) is 0.720. The van der Waals surface area contributed by atoms with Crippen molar-refractivity contribution in [3.63, 3.8) is 0 Å². The zero-order valence-electron chi connectivity index (χ0n) is 10.6. The van der Waals surface area contributed by atoms with Gasteiger partial charge in [-0.2, -0.15) is 0 Å². The predicted octanol–water partition coefficient (Wildman–Crippen LogP) is 3.91. The third-order valence-corrected chi connectivity index (χ3v) is 2.94. The maximum absolute atomic E-state index is 10.7. The zero-order valence-corrected chi connectivity index (χ0v) is 11.4. The van der Waals surface area contributed by atoms with Gasteiger partial charge in [-0.3, -0.25) is 4.79 Å². The molecule has 94 valence electrons. The summed E-state index contributed by atoms with van der Waals surface area (Å²) in [4.78, 5) is 10.7. The monoisotopic (exact) mass is 254 g/mol. The highest BCUT2D eigenvalue weighted by molar-refractivity contribution is 6.63. The lowest BCUT2D eigenvalue weighted by Gasteiger charge is -2.13. The summed E-state index contributed by atoms with van der Waals surface area (Å²) in [5, 5.41) is -0.261. The Morgan fingerprint density at radius 1 is 1.41 bits per heavy atom. The summed E-state index contributed by atoms with van der Waals surface area (Å²) in [6.07, 6.45) is 2.11. The Morgan fingerprint density at radius 3 is 2.65 bits per heavy atom. The number of benzene rings is 1. The Kier molecular flexibility index (Phi) is 5.49. The van der Waals surface area contributed by atoms with Crippen molar-refractivity contribution in [1.29, 1.82) is 0 Å². The van der Waals surface area contributed by atoms with Crippen LogP contribution in [0.5, 0.6) is 5.75 Å². The number of hydrogen-bond donors (Lipinski definition) is 0. The molecule has 0 heterocycles. The van der Waals surface area contributed by atoms with Crippen molar-refractivity contribution in [1.82, 2.24) is 0 Å². The SMILES string of the molecule is COc1ccc(CCCC(=O)Cl)cc1C(C)C. The van der Waals surface area contributed by atoms with Gasteiger partial charge in [0.25, 0.3) is 0 Å². The van der Waals surface area contributed by atoms with E-state index in [1.54, 1.807) is 7.11 Å². The van der Waals surface area contributed by atoms with Crippen LogP contribution in [0.1, 0.15) is 43.7 Å². The highest BCUT2D eigenvalue weighted by Crippen LogP contribution is 2.27. The van der Waals surface area contributed by atoms with E-state index in [2.05, 4.69) is 19.9 Å². The van der Waals surface area contributed by atoms with Crippen LogP contribution in [-0.4, -0.2) is 12.4 Å². The van der Waals surface area contributed by atoms with Gasteiger partial charge in [0.05, 0.1) is 7.11 Å². The third-order valence-electron chi connectivity index (χ3n) is 2.75. The molecule has 3 heteroatoms. The highest BCUT2D eigenvalue weighted by atomic mass is 35.5. The number of halogens is 1. The molecule has 0 aliphatic heterocycles. The summed E-state index contributed by atoms with van der Waals surface area (Å²) in [5.41, 5.74) is 2.44. The molecule has 1 rings (SSSR count). The largest absolute Gasteiger partial charge is 0.496 e. The molecule has 0 fully saturated rings. The standard InChI is InChI=1S/C14H19ClO2/c1-10(2)12-9-11(5-4-6-14(15)16)7-8-13(12)17-3/h7-10H,4-6H2,1-3H3. The van der Waals surface area contributed by atoms with Gasteiger partial charge in [0.2, 0.25) is 5.24 Å². The van der Waals surface area contributed by atoms with Gasteiger partial charge in [0.1, 0.15) is 5.75 Å². The molecule has 0 aliphatic rings. The summed E-state index contributed by atoms with van der Waals surface area (Å²) in [6.45, 7) is 4.29. The van der Waals surface area contributed by atoms with Crippen LogP contribution in [0.25, 0.3) is 0 Å². The fraction of sp³-hybridized carbons (Fsp3) is 0.500. The van der Waals surface area contributed by atoms with E-state index < -0.39 is 0 Å². The summed E-state index contributed by atoms with van der Waals surface area (Å²) in [7, 11) is 1.69. The fourth-order valence-corrected chi connectivity index (χ4v) is 1.96. The second-order valence-electron chi connectivity index (χ2n) is 4.44. The van der Waals surface area contributed by atoms with E-state index in [-0.39, 0.29) is 5.24 Å². The molecule has 0 atom stereocenters. The average Bonchev–Trinajstić information content (AvgIpc) is 2.28. The molecule has 0 aromatic heterocycles. The molecule has 0 bridgehead atoms. The number of rotatable bonds is 6. The molecule has 0 N–H and O–H groups in total. The average molecular weight is 255 g/mol. The summed E-state index contributed by atoms with van der Waals surface area (Å²) < 4.78 is 5.33. The molecule has 0 radical (unpaired) electrons. The first-order valence-electron chi connectivity index (χ1n) is 5.89. The lowest BCUT2D eigenvalue weighted by molar-refractivity contribution is -0.111. The number of methoxy groups -OCH3 is 1. The van der Waals surface area contributed by atoms with E-state index in [1.165, 1.54) is 11.1 Å². The first kappa shape index (κ1) is 14.0. The lowest BCUT2D eigenvalue weighted by atomic mass is 9.97. The van der Waals surface area contributed by atoms with Gasteiger partial charge in [-0.15, -0.1) is 0 Å². The molecule has 0 saturated heterocycles. The molecular weight excluding hydrogens is 236 g/mol. The second-order valence-corrected chi connectivity index (χ2v) is 4.86. The van der Waals surface area contributed by atoms with Gasteiger partial charge in [0.15, 0.2) is 0 Å². The minimum Gasteiger partial charge on any atom is -0.496 e. The molecule has 1 aromatic carbocycles. The predicted molar refractivity (Wildman–Crippen MR) is 70.9 cm³/mol. The zero-order chi connectivity index (χ0) is 12.8. The van der Waals surface area contributed by atoms with Crippen LogP contribution in [0.15, 0.2) is 18.2 Å². The summed E-state index contributed by atoms with van der Waals surface area (Å²) >= 11 is 5.31. The van der Waals surface area contributed by atoms with E-state index in [0.29, 0.717) is 12.3 Å². The van der Waals surface area contributed by atoms with Crippen molar-refractivity contribution in [3.8, 4) is 5.75 Å². The van der Waals surface area contributed by atoms with Gasteiger partial charge in [-0.05, 0) is 47.6 Å². The van der Waals surface area contributed by atoms with E-state index in [4.69, 9.17) is 16.3 Å². The first-order chi connectivity index (χ1) is 8.04. The highest BCUT2D eigenvalue weighted by Gasteiger charge is 2.08. The molecule has 2 nitrogen and oxygen atoms in total. The van der Waals surface area contributed by atoms with Crippen molar-refractivity contribution in [2.75, 3.05) is 7.11 Å². The Hall–Kier alpha value is -1.02. The Morgan fingerprint density at radius 2 is 2.12 bits per heavy atom. The first-order valence-corrected chi connectivity index (χ1v) is 6.27. The van der Waals surface area contributed by atoms with Crippen molar-refractivity contribution in [2.24, 2.45) is 0 Å². The van der Waals surface area contributed by atoms with Crippen LogP contribution in [0, 0.1) is 0 Å². The van der Waals surface area contributed by atoms with Crippen molar-refractivity contribution >= 4 is 16.8 Å². The Labute approximate surface area is 108 Å². The van der Waals surface area contributed by atoms with E-state index >= 15 is 0 Å². The lowest BCUT2D eigenvalue weighted by Crippen LogP contribution is -1.97. The van der Waals surface area contributed by atoms with Gasteiger partial charge in [-0.25, -0.2) is 0 Å².